The van der Waals surface area contributed by atoms with Crippen LogP contribution in [0, 0.1) is 11.8 Å². The molecule has 4 heteroatoms. The van der Waals surface area contributed by atoms with E-state index in [9.17, 15) is 5.11 Å². The minimum Gasteiger partial charge on any atom is -0.396 e. The average Bonchev–Trinajstić information content (AvgIpc) is 2.64. The molecular formula is C21H35N3O. The maximum atomic E-state index is 9.28. The summed E-state index contributed by atoms with van der Waals surface area (Å²) in [4.78, 5) is 5.07. The van der Waals surface area contributed by atoms with E-state index < -0.39 is 0 Å². The molecule has 2 atom stereocenters. The van der Waals surface area contributed by atoms with Crippen molar-refractivity contribution in [3.63, 3.8) is 0 Å². The standard InChI is InChI=1S/C21H35N3O/c1-3-23-12-9-21(17(2)14-23)22-20-6-4-5-19(13-20)15-24-10-7-18(16-25)8-11-24/h4-6,13,17-18,21-22,25H,3,7-12,14-16H2,1-2H3. The van der Waals surface area contributed by atoms with Gasteiger partial charge in [-0.3, -0.25) is 4.90 Å². The lowest BCUT2D eigenvalue weighted by molar-refractivity contribution is 0.127. The zero-order chi connectivity index (χ0) is 17.6. The van der Waals surface area contributed by atoms with E-state index in [0.717, 1.165) is 32.5 Å². The molecule has 2 unspecified atom stereocenters. The fourth-order valence-corrected chi connectivity index (χ4v) is 4.29. The highest BCUT2D eigenvalue weighted by Gasteiger charge is 2.25. The van der Waals surface area contributed by atoms with Gasteiger partial charge in [-0.15, -0.1) is 0 Å². The van der Waals surface area contributed by atoms with Crippen LogP contribution in [0.5, 0.6) is 0 Å². The van der Waals surface area contributed by atoms with Crippen LogP contribution in [0.4, 0.5) is 5.69 Å². The Balaban J connectivity index is 1.53. The Kier molecular flexibility index (Phi) is 6.74. The highest BCUT2D eigenvalue weighted by molar-refractivity contribution is 5.46. The van der Waals surface area contributed by atoms with Crippen molar-refractivity contribution in [1.82, 2.24) is 9.80 Å². The molecule has 0 aromatic heterocycles. The fraction of sp³-hybridized carbons (Fsp3) is 0.714. The third-order valence-corrected chi connectivity index (χ3v) is 6.09. The zero-order valence-electron chi connectivity index (χ0n) is 16.0. The van der Waals surface area contributed by atoms with Gasteiger partial charge in [-0.1, -0.05) is 26.0 Å². The summed E-state index contributed by atoms with van der Waals surface area (Å²) < 4.78 is 0. The van der Waals surface area contributed by atoms with Gasteiger partial charge in [0.05, 0.1) is 0 Å². The zero-order valence-corrected chi connectivity index (χ0v) is 16.0. The second-order valence-electron chi connectivity index (χ2n) is 8.01. The fourth-order valence-electron chi connectivity index (χ4n) is 4.29. The lowest BCUT2D eigenvalue weighted by atomic mass is 9.93. The van der Waals surface area contributed by atoms with Crippen molar-refractivity contribution in [1.29, 1.82) is 0 Å². The smallest absolute Gasteiger partial charge is 0.0460 e. The summed E-state index contributed by atoms with van der Waals surface area (Å²) in [6.45, 7) is 11.8. The summed E-state index contributed by atoms with van der Waals surface area (Å²) in [5.74, 6) is 1.20. The maximum absolute atomic E-state index is 9.28. The summed E-state index contributed by atoms with van der Waals surface area (Å²) in [5.41, 5.74) is 2.66. The highest BCUT2D eigenvalue weighted by Crippen LogP contribution is 2.23. The van der Waals surface area contributed by atoms with Crippen LogP contribution in [-0.4, -0.2) is 60.3 Å². The minimum atomic E-state index is 0.349. The molecule has 2 aliphatic rings. The van der Waals surface area contributed by atoms with E-state index >= 15 is 0 Å². The molecule has 2 fully saturated rings. The summed E-state index contributed by atoms with van der Waals surface area (Å²) in [6.07, 6.45) is 3.48. The van der Waals surface area contributed by atoms with Crippen molar-refractivity contribution in [2.45, 2.75) is 45.7 Å². The molecule has 0 radical (unpaired) electrons. The van der Waals surface area contributed by atoms with Gasteiger partial charge in [0.25, 0.3) is 0 Å². The van der Waals surface area contributed by atoms with E-state index in [0.29, 0.717) is 24.5 Å². The van der Waals surface area contributed by atoms with Gasteiger partial charge >= 0.3 is 0 Å². The Morgan fingerprint density at radius 2 is 1.88 bits per heavy atom. The largest absolute Gasteiger partial charge is 0.396 e. The second-order valence-corrected chi connectivity index (χ2v) is 8.01. The van der Waals surface area contributed by atoms with Crippen LogP contribution < -0.4 is 5.32 Å². The molecule has 0 amide bonds. The first-order valence-electron chi connectivity index (χ1n) is 10.1. The van der Waals surface area contributed by atoms with Gasteiger partial charge in [-0.25, -0.2) is 0 Å². The van der Waals surface area contributed by atoms with E-state index in [2.05, 4.69) is 53.2 Å². The van der Waals surface area contributed by atoms with Crippen LogP contribution in [0.3, 0.4) is 0 Å². The van der Waals surface area contributed by atoms with Crippen molar-refractivity contribution >= 4 is 5.69 Å². The third-order valence-electron chi connectivity index (χ3n) is 6.09. The Morgan fingerprint density at radius 3 is 2.56 bits per heavy atom. The first kappa shape index (κ1) is 18.7. The SMILES string of the molecule is CCN1CCC(Nc2cccc(CN3CCC(CO)CC3)c2)C(C)C1. The number of aliphatic hydroxyl groups excluding tert-OH is 1. The molecule has 0 bridgehead atoms. The number of rotatable bonds is 6. The number of hydrogen-bond acceptors (Lipinski definition) is 4. The molecule has 3 rings (SSSR count). The van der Waals surface area contributed by atoms with Crippen molar-refractivity contribution in [2.24, 2.45) is 11.8 Å². The Bertz CT molecular complexity index is 528. The number of nitrogens with one attached hydrogen (secondary N) is 1. The van der Waals surface area contributed by atoms with Crippen LogP contribution in [0.25, 0.3) is 0 Å². The molecule has 1 aromatic rings. The number of benzene rings is 1. The number of hydrogen-bond donors (Lipinski definition) is 2. The van der Waals surface area contributed by atoms with Crippen molar-refractivity contribution < 1.29 is 5.11 Å². The highest BCUT2D eigenvalue weighted by atomic mass is 16.3. The molecule has 2 saturated heterocycles. The van der Waals surface area contributed by atoms with Crippen molar-refractivity contribution in [3.05, 3.63) is 29.8 Å². The lowest BCUT2D eigenvalue weighted by Gasteiger charge is -2.37. The van der Waals surface area contributed by atoms with Gasteiger partial charge in [0.15, 0.2) is 0 Å². The summed E-state index contributed by atoms with van der Waals surface area (Å²) in [5, 5.41) is 13.1. The molecule has 25 heavy (non-hydrogen) atoms. The normalized spacial score (nSPS) is 26.7. The Hall–Kier alpha value is -1.10. The summed E-state index contributed by atoms with van der Waals surface area (Å²) in [6, 6.07) is 9.55. The molecule has 2 N–H and O–H groups in total. The van der Waals surface area contributed by atoms with E-state index in [4.69, 9.17) is 0 Å². The van der Waals surface area contributed by atoms with Crippen molar-refractivity contribution in [2.75, 3.05) is 44.6 Å². The van der Waals surface area contributed by atoms with E-state index in [-0.39, 0.29) is 0 Å². The molecule has 1 aromatic carbocycles. The summed E-state index contributed by atoms with van der Waals surface area (Å²) >= 11 is 0. The van der Waals surface area contributed by atoms with Gasteiger partial charge < -0.3 is 15.3 Å². The summed E-state index contributed by atoms with van der Waals surface area (Å²) in [7, 11) is 0. The molecule has 0 spiro atoms. The van der Waals surface area contributed by atoms with Crippen molar-refractivity contribution in [3.8, 4) is 0 Å². The van der Waals surface area contributed by atoms with E-state index in [1.807, 2.05) is 0 Å². The first-order chi connectivity index (χ1) is 12.2. The van der Waals surface area contributed by atoms with Gasteiger partial charge in [-0.05, 0) is 68.4 Å². The van der Waals surface area contributed by atoms with Gasteiger partial charge in [-0.2, -0.15) is 0 Å². The molecule has 140 valence electrons. The Morgan fingerprint density at radius 1 is 1.12 bits per heavy atom. The predicted molar refractivity (Wildman–Crippen MR) is 105 cm³/mol. The third kappa shape index (κ3) is 5.19. The molecule has 2 aliphatic heterocycles. The van der Waals surface area contributed by atoms with Crippen LogP contribution in [0.1, 0.15) is 38.7 Å². The monoisotopic (exact) mass is 345 g/mol. The molecule has 4 nitrogen and oxygen atoms in total. The maximum Gasteiger partial charge on any atom is 0.0460 e. The molecule has 2 heterocycles. The van der Waals surface area contributed by atoms with Gasteiger partial charge in [0.2, 0.25) is 0 Å². The van der Waals surface area contributed by atoms with E-state index in [1.165, 1.54) is 37.3 Å². The Labute approximate surface area is 153 Å². The van der Waals surface area contributed by atoms with Gasteiger partial charge in [0, 0.05) is 38.0 Å². The van der Waals surface area contributed by atoms with Crippen LogP contribution >= 0.6 is 0 Å². The first-order valence-corrected chi connectivity index (χ1v) is 10.1. The van der Waals surface area contributed by atoms with Crippen LogP contribution in [0.15, 0.2) is 24.3 Å². The number of anilines is 1. The number of likely N-dealkylation sites (tertiary alicyclic amines) is 2. The lowest BCUT2D eigenvalue weighted by Crippen LogP contribution is -2.45. The average molecular weight is 346 g/mol. The molecule has 0 aliphatic carbocycles. The number of piperidine rings is 2. The molecular weight excluding hydrogens is 310 g/mol. The van der Waals surface area contributed by atoms with Crippen LogP contribution in [0.2, 0.25) is 0 Å². The van der Waals surface area contributed by atoms with Gasteiger partial charge in [0.1, 0.15) is 0 Å². The quantitative estimate of drug-likeness (QED) is 0.831. The van der Waals surface area contributed by atoms with Crippen LogP contribution in [-0.2, 0) is 6.54 Å². The predicted octanol–water partition coefficient (Wildman–Crippen LogP) is 3.03. The molecule has 0 saturated carbocycles. The number of aliphatic hydroxyl groups is 1. The topological polar surface area (TPSA) is 38.7 Å². The second kappa shape index (κ2) is 9.02. The van der Waals surface area contributed by atoms with E-state index in [1.54, 1.807) is 0 Å². The minimum absolute atomic E-state index is 0.349. The number of nitrogens with zero attached hydrogens (tertiary/aromatic N) is 2.